The van der Waals surface area contributed by atoms with Crippen LogP contribution in [0, 0.1) is 0 Å². The Morgan fingerprint density at radius 2 is 2.06 bits per heavy atom. The van der Waals surface area contributed by atoms with E-state index in [1.807, 2.05) is 0 Å². The highest BCUT2D eigenvalue weighted by molar-refractivity contribution is 9.11. The first kappa shape index (κ1) is 15.4. The maximum Gasteiger partial charge on any atom is 0.387 e. The minimum atomic E-state index is -2.96. The van der Waals surface area contributed by atoms with Gasteiger partial charge in [-0.05, 0) is 35.0 Å². The Bertz CT molecular complexity index is 439. The van der Waals surface area contributed by atoms with E-state index < -0.39 is 12.6 Å². The van der Waals surface area contributed by atoms with Crippen molar-refractivity contribution in [2.45, 2.75) is 20.0 Å². The summed E-state index contributed by atoms with van der Waals surface area (Å²) in [6.45, 7) is -1.05. The van der Waals surface area contributed by atoms with Crippen LogP contribution in [0.2, 0.25) is 0 Å². The number of esters is 1. The van der Waals surface area contributed by atoms with Crippen LogP contribution < -0.4 is 4.74 Å². The lowest BCUT2D eigenvalue weighted by Crippen LogP contribution is -2.11. The molecule has 0 aliphatic heterocycles. The number of hydrogen-bond donors (Lipinski definition) is 0. The summed E-state index contributed by atoms with van der Waals surface area (Å²) < 4.78 is 34.8. The lowest BCUT2D eigenvalue weighted by Gasteiger charge is -2.13. The summed E-state index contributed by atoms with van der Waals surface area (Å²) in [6.07, 6.45) is -0.131. The Labute approximate surface area is 120 Å². The van der Waals surface area contributed by atoms with Crippen molar-refractivity contribution >= 4 is 37.8 Å². The van der Waals surface area contributed by atoms with Gasteiger partial charge in [0.25, 0.3) is 0 Å². The van der Waals surface area contributed by atoms with Gasteiger partial charge in [0, 0.05) is 10.0 Å². The van der Waals surface area contributed by atoms with Gasteiger partial charge < -0.3 is 9.47 Å². The molecule has 18 heavy (non-hydrogen) atoms. The zero-order chi connectivity index (χ0) is 13.7. The Hall–Kier alpha value is -0.690. The zero-order valence-corrected chi connectivity index (χ0v) is 12.6. The zero-order valence-electron chi connectivity index (χ0n) is 9.38. The SMILES string of the molecule is CCOC(=O)Cc1cc(Br)cc(Br)c1OC(F)F. The number of ether oxygens (including phenoxy) is 2. The van der Waals surface area contributed by atoms with E-state index in [0.717, 1.165) is 0 Å². The van der Waals surface area contributed by atoms with E-state index in [1.165, 1.54) is 0 Å². The Balaban J connectivity index is 3.03. The van der Waals surface area contributed by atoms with Crippen molar-refractivity contribution in [3.8, 4) is 5.75 Å². The van der Waals surface area contributed by atoms with Gasteiger partial charge in [0.15, 0.2) is 0 Å². The molecule has 1 aromatic carbocycles. The number of alkyl halides is 2. The summed E-state index contributed by atoms with van der Waals surface area (Å²) in [4.78, 5) is 11.4. The molecule has 1 aromatic rings. The van der Waals surface area contributed by atoms with Crippen LogP contribution in [0.3, 0.4) is 0 Å². The summed E-state index contributed by atoms with van der Waals surface area (Å²) in [5, 5.41) is 0. The quantitative estimate of drug-likeness (QED) is 0.718. The standard InChI is InChI=1S/C11H10Br2F2O3/c1-2-17-9(16)4-6-3-7(12)5-8(13)10(6)18-11(14)15/h3,5,11H,2,4H2,1H3. The van der Waals surface area contributed by atoms with E-state index in [1.54, 1.807) is 19.1 Å². The molecule has 1 rings (SSSR count). The van der Waals surface area contributed by atoms with E-state index in [9.17, 15) is 13.6 Å². The molecule has 0 unspecified atom stereocenters. The fraction of sp³-hybridized carbons (Fsp3) is 0.364. The lowest BCUT2D eigenvalue weighted by atomic mass is 10.1. The summed E-state index contributed by atoms with van der Waals surface area (Å²) in [6, 6.07) is 3.10. The summed E-state index contributed by atoms with van der Waals surface area (Å²) in [5.41, 5.74) is 0.329. The van der Waals surface area contributed by atoms with Gasteiger partial charge in [-0.2, -0.15) is 8.78 Å². The maximum absolute atomic E-state index is 12.3. The number of rotatable bonds is 5. The van der Waals surface area contributed by atoms with Crippen LogP contribution in [0.4, 0.5) is 8.78 Å². The number of hydrogen-bond acceptors (Lipinski definition) is 3. The molecular weight excluding hydrogens is 378 g/mol. The normalized spacial score (nSPS) is 10.6. The van der Waals surface area contributed by atoms with Gasteiger partial charge in [0.1, 0.15) is 5.75 Å². The first-order valence-corrected chi connectivity index (χ1v) is 6.61. The number of halogens is 4. The first-order chi connectivity index (χ1) is 8.43. The van der Waals surface area contributed by atoms with Crippen LogP contribution in [-0.2, 0) is 16.0 Å². The van der Waals surface area contributed by atoms with Crippen LogP contribution in [0.25, 0.3) is 0 Å². The van der Waals surface area contributed by atoms with Crippen molar-refractivity contribution in [2.24, 2.45) is 0 Å². The van der Waals surface area contributed by atoms with Crippen LogP contribution in [0.15, 0.2) is 21.1 Å². The molecule has 0 fully saturated rings. The molecule has 3 nitrogen and oxygen atoms in total. The number of carbonyl (C=O) groups excluding carboxylic acids is 1. The molecule has 7 heteroatoms. The fourth-order valence-corrected chi connectivity index (χ4v) is 2.74. The Morgan fingerprint density at radius 3 is 2.61 bits per heavy atom. The van der Waals surface area contributed by atoms with E-state index in [0.29, 0.717) is 14.5 Å². The molecule has 0 bridgehead atoms. The summed E-state index contributed by atoms with van der Waals surface area (Å²) >= 11 is 6.33. The number of benzene rings is 1. The van der Waals surface area contributed by atoms with Crippen molar-refractivity contribution in [1.29, 1.82) is 0 Å². The van der Waals surface area contributed by atoms with E-state index >= 15 is 0 Å². The van der Waals surface area contributed by atoms with Crippen molar-refractivity contribution in [3.63, 3.8) is 0 Å². The van der Waals surface area contributed by atoms with Crippen molar-refractivity contribution in [2.75, 3.05) is 6.61 Å². The van der Waals surface area contributed by atoms with Gasteiger partial charge in [-0.15, -0.1) is 0 Å². The van der Waals surface area contributed by atoms with E-state index in [2.05, 4.69) is 36.6 Å². The Morgan fingerprint density at radius 1 is 1.39 bits per heavy atom. The minimum absolute atomic E-state index is 0.0544. The van der Waals surface area contributed by atoms with Gasteiger partial charge in [-0.25, -0.2) is 0 Å². The van der Waals surface area contributed by atoms with Crippen LogP contribution in [0.1, 0.15) is 12.5 Å². The topological polar surface area (TPSA) is 35.5 Å². The first-order valence-electron chi connectivity index (χ1n) is 5.02. The van der Waals surface area contributed by atoms with Gasteiger partial charge in [0.05, 0.1) is 17.5 Å². The van der Waals surface area contributed by atoms with Gasteiger partial charge in [-0.1, -0.05) is 15.9 Å². The van der Waals surface area contributed by atoms with E-state index in [-0.39, 0.29) is 18.8 Å². The van der Waals surface area contributed by atoms with Crippen molar-refractivity contribution in [1.82, 2.24) is 0 Å². The molecule has 0 aliphatic rings. The van der Waals surface area contributed by atoms with Crippen LogP contribution >= 0.6 is 31.9 Å². The molecule has 0 amide bonds. The number of carbonyl (C=O) groups is 1. The Kier molecular flexibility index (Phi) is 6.01. The van der Waals surface area contributed by atoms with Crippen molar-refractivity contribution in [3.05, 3.63) is 26.6 Å². The molecular formula is C11H10Br2F2O3. The molecule has 0 heterocycles. The third-order valence-electron chi connectivity index (χ3n) is 1.93. The summed E-state index contributed by atoms with van der Waals surface area (Å²) in [7, 11) is 0. The molecule has 0 aromatic heterocycles. The smallest absolute Gasteiger partial charge is 0.387 e. The molecule has 0 saturated carbocycles. The average molecular weight is 388 g/mol. The van der Waals surface area contributed by atoms with Gasteiger partial charge >= 0.3 is 12.6 Å². The van der Waals surface area contributed by atoms with Crippen LogP contribution in [-0.4, -0.2) is 19.2 Å². The summed E-state index contributed by atoms with van der Waals surface area (Å²) in [5.74, 6) is -0.553. The molecule has 0 radical (unpaired) electrons. The molecule has 0 atom stereocenters. The molecule has 0 N–H and O–H groups in total. The lowest BCUT2D eigenvalue weighted by molar-refractivity contribution is -0.142. The second kappa shape index (κ2) is 7.04. The molecule has 0 aliphatic carbocycles. The predicted molar refractivity (Wildman–Crippen MR) is 68.8 cm³/mol. The van der Waals surface area contributed by atoms with Crippen LogP contribution in [0.5, 0.6) is 5.75 Å². The molecule has 100 valence electrons. The monoisotopic (exact) mass is 386 g/mol. The highest BCUT2D eigenvalue weighted by Crippen LogP contribution is 2.34. The highest BCUT2D eigenvalue weighted by Gasteiger charge is 2.17. The highest BCUT2D eigenvalue weighted by atomic mass is 79.9. The van der Waals surface area contributed by atoms with E-state index in [4.69, 9.17) is 4.74 Å². The maximum atomic E-state index is 12.3. The second-order valence-electron chi connectivity index (χ2n) is 3.24. The molecule has 0 spiro atoms. The van der Waals surface area contributed by atoms with Gasteiger partial charge in [0.2, 0.25) is 0 Å². The third-order valence-corrected chi connectivity index (χ3v) is 2.98. The average Bonchev–Trinajstić information content (AvgIpc) is 2.23. The predicted octanol–water partition coefficient (Wildman–Crippen LogP) is 3.92. The van der Waals surface area contributed by atoms with Crippen molar-refractivity contribution < 1.29 is 23.0 Å². The third kappa shape index (κ3) is 4.53. The second-order valence-corrected chi connectivity index (χ2v) is 5.01. The molecule has 0 saturated heterocycles. The fourth-order valence-electron chi connectivity index (χ4n) is 1.33. The van der Waals surface area contributed by atoms with Gasteiger partial charge in [-0.3, -0.25) is 4.79 Å². The largest absolute Gasteiger partial charge is 0.466 e. The minimum Gasteiger partial charge on any atom is -0.466 e.